The zero-order valence-electron chi connectivity index (χ0n) is 16.8. The first-order chi connectivity index (χ1) is 13.9. The van der Waals surface area contributed by atoms with E-state index in [9.17, 15) is 18.8 Å². The third-order valence-corrected chi connectivity index (χ3v) is 6.68. The molecule has 29 heavy (non-hydrogen) atoms. The maximum Gasteiger partial charge on any atom is 0.227 e. The second kappa shape index (κ2) is 8.13. The summed E-state index contributed by atoms with van der Waals surface area (Å²) in [6, 6.07) is 6.14. The Hall–Kier alpha value is -2.44. The summed E-state index contributed by atoms with van der Waals surface area (Å²) >= 11 is 0. The molecule has 3 aliphatic rings. The van der Waals surface area contributed by atoms with Crippen molar-refractivity contribution in [1.29, 1.82) is 0 Å². The molecule has 0 aliphatic carbocycles. The van der Waals surface area contributed by atoms with Crippen LogP contribution in [0.4, 0.5) is 4.39 Å². The highest BCUT2D eigenvalue weighted by Crippen LogP contribution is 2.41. The van der Waals surface area contributed by atoms with Crippen LogP contribution in [0.15, 0.2) is 24.3 Å². The van der Waals surface area contributed by atoms with Gasteiger partial charge in [0.25, 0.3) is 0 Å². The smallest absolute Gasteiger partial charge is 0.227 e. The van der Waals surface area contributed by atoms with Crippen LogP contribution in [-0.4, -0.2) is 59.2 Å². The summed E-state index contributed by atoms with van der Waals surface area (Å²) in [7, 11) is 0. The van der Waals surface area contributed by atoms with E-state index >= 15 is 0 Å². The summed E-state index contributed by atoms with van der Waals surface area (Å²) in [4.78, 5) is 41.1. The van der Waals surface area contributed by atoms with Crippen LogP contribution in [0.5, 0.6) is 0 Å². The fraction of sp³-hybridized carbons (Fsp3) is 0.591. The van der Waals surface area contributed by atoms with Gasteiger partial charge < -0.3 is 15.1 Å². The van der Waals surface area contributed by atoms with Gasteiger partial charge in [-0.3, -0.25) is 14.4 Å². The van der Waals surface area contributed by atoms with E-state index < -0.39 is 0 Å². The van der Waals surface area contributed by atoms with Crippen molar-refractivity contribution in [3.63, 3.8) is 0 Å². The summed E-state index contributed by atoms with van der Waals surface area (Å²) in [6.07, 6.45) is 3.65. The zero-order valence-corrected chi connectivity index (χ0v) is 16.8. The minimum Gasteiger partial charge on any atom is -0.354 e. The van der Waals surface area contributed by atoms with E-state index in [0.717, 1.165) is 24.8 Å². The van der Waals surface area contributed by atoms with Crippen LogP contribution in [0, 0.1) is 17.7 Å². The highest BCUT2D eigenvalue weighted by molar-refractivity contribution is 5.80. The lowest BCUT2D eigenvalue weighted by molar-refractivity contribution is -0.156. The van der Waals surface area contributed by atoms with Gasteiger partial charge in [0.2, 0.25) is 17.7 Å². The first-order valence-corrected chi connectivity index (χ1v) is 10.5. The molecule has 0 unspecified atom stereocenters. The van der Waals surface area contributed by atoms with Crippen molar-refractivity contribution in [2.24, 2.45) is 11.8 Å². The first-order valence-electron chi connectivity index (χ1n) is 10.5. The Morgan fingerprint density at radius 3 is 2.62 bits per heavy atom. The van der Waals surface area contributed by atoms with Gasteiger partial charge in [0.15, 0.2) is 0 Å². The number of hydrogen-bond acceptors (Lipinski definition) is 3. The average Bonchev–Trinajstić information content (AvgIpc) is 2.69. The number of halogens is 1. The van der Waals surface area contributed by atoms with E-state index in [4.69, 9.17) is 0 Å². The molecule has 1 aromatic carbocycles. The van der Waals surface area contributed by atoms with Crippen LogP contribution in [0.3, 0.4) is 0 Å². The van der Waals surface area contributed by atoms with Gasteiger partial charge in [-0.2, -0.15) is 0 Å². The Labute approximate surface area is 170 Å². The van der Waals surface area contributed by atoms with Crippen molar-refractivity contribution in [2.45, 2.75) is 51.1 Å². The van der Waals surface area contributed by atoms with Crippen molar-refractivity contribution in [3.8, 4) is 0 Å². The summed E-state index contributed by atoms with van der Waals surface area (Å²) in [5, 5.41) is 2.89. The van der Waals surface area contributed by atoms with Crippen molar-refractivity contribution in [3.05, 3.63) is 35.6 Å². The lowest BCUT2D eigenvalue weighted by Crippen LogP contribution is -2.67. The molecule has 3 amide bonds. The molecular weight excluding hydrogens is 373 g/mol. The van der Waals surface area contributed by atoms with Gasteiger partial charge in [0.05, 0.1) is 12.5 Å². The standard InChI is InChI=1S/C22H28FN3O3/c1-14(27)24-11-20-17-10-16(19-3-2-4-21(28)26(19)20)12-25(13-17)22(29)9-15-5-7-18(23)8-6-15/h5-8,16-17,19-20H,2-4,9-13H2,1H3,(H,24,27)/t16-,17+,19+,20+/m1/s1. The predicted molar refractivity (Wildman–Crippen MR) is 105 cm³/mol. The fourth-order valence-corrected chi connectivity index (χ4v) is 5.38. The van der Waals surface area contributed by atoms with Crippen molar-refractivity contribution in [2.75, 3.05) is 19.6 Å². The van der Waals surface area contributed by atoms with E-state index in [1.54, 1.807) is 12.1 Å². The number of nitrogens with one attached hydrogen (secondary N) is 1. The molecule has 1 N–H and O–H groups in total. The highest BCUT2D eigenvalue weighted by atomic mass is 19.1. The number of carbonyl (C=O) groups is 3. The van der Waals surface area contributed by atoms with E-state index in [0.29, 0.717) is 26.1 Å². The highest BCUT2D eigenvalue weighted by Gasteiger charge is 2.49. The summed E-state index contributed by atoms with van der Waals surface area (Å²) in [6.45, 7) is 3.19. The van der Waals surface area contributed by atoms with Gasteiger partial charge in [-0.1, -0.05) is 12.1 Å². The van der Waals surface area contributed by atoms with Gasteiger partial charge in [0, 0.05) is 39.0 Å². The monoisotopic (exact) mass is 401 g/mol. The number of rotatable bonds is 4. The fourth-order valence-electron chi connectivity index (χ4n) is 5.38. The van der Waals surface area contributed by atoms with Crippen LogP contribution in [0.25, 0.3) is 0 Å². The molecule has 0 spiro atoms. The first kappa shape index (κ1) is 19.9. The van der Waals surface area contributed by atoms with E-state index in [-0.39, 0.29) is 53.9 Å². The van der Waals surface area contributed by atoms with Crippen LogP contribution in [-0.2, 0) is 20.8 Å². The lowest BCUT2D eigenvalue weighted by Gasteiger charge is -2.56. The van der Waals surface area contributed by atoms with Gasteiger partial charge in [-0.15, -0.1) is 0 Å². The van der Waals surface area contributed by atoms with Gasteiger partial charge in [-0.25, -0.2) is 4.39 Å². The van der Waals surface area contributed by atoms with Gasteiger partial charge in [-0.05, 0) is 48.8 Å². The normalized spacial score (nSPS) is 28.7. The quantitative estimate of drug-likeness (QED) is 0.836. The van der Waals surface area contributed by atoms with Crippen LogP contribution in [0.1, 0.15) is 38.2 Å². The van der Waals surface area contributed by atoms with Crippen LogP contribution in [0.2, 0.25) is 0 Å². The Kier molecular flexibility index (Phi) is 5.56. The summed E-state index contributed by atoms with van der Waals surface area (Å²) in [5.41, 5.74) is 0.802. The van der Waals surface area contributed by atoms with Crippen molar-refractivity contribution >= 4 is 17.7 Å². The molecule has 1 aromatic rings. The van der Waals surface area contributed by atoms with Crippen LogP contribution < -0.4 is 5.32 Å². The molecule has 156 valence electrons. The number of likely N-dealkylation sites (tertiary alicyclic amines) is 1. The van der Waals surface area contributed by atoms with Gasteiger partial charge in [0.1, 0.15) is 5.82 Å². The number of benzene rings is 1. The Morgan fingerprint density at radius 1 is 1.17 bits per heavy atom. The lowest BCUT2D eigenvalue weighted by atomic mass is 9.72. The molecule has 4 atom stereocenters. The molecule has 7 heteroatoms. The van der Waals surface area contributed by atoms with E-state index in [1.807, 2.05) is 9.80 Å². The predicted octanol–water partition coefficient (Wildman–Crippen LogP) is 1.73. The molecular formula is C22H28FN3O3. The number of fused-ring (bicyclic) bond motifs is 4. The Balaban J connectivity index is 1.51. The maximum atomic E-state index is 13.1. The molecule has 0 aromatic heterocycles. The third-order valence-electron chi connectivity index (χ3n) is 6.68. The molecule has 4 rings (SSSR count). The zero-order chi connectivity index (χ0) is 20.5. The van der Waals surface area contributed by atoms with E-state index in [2.05, 4.69) is 5.32 Å². The molecule has 0 radical (unpaired) electrons. The molecule has 3 aliphatic heterocycles. The topological polar surface area (TPSA) is 69.7 Å². The number of piperidine rings is 3. The van der Waals surface area contributed by atoms with Crippen LogP contribution >= 0.6 is 0 Å². The minimum absolute atomic E-state index is 0.0418. The molecule has 3 heterocycles. The second-order valence-corrected chi connectivity index (χ2v) is 8.62. The Morgan fingerprint density at radius 2 is 1.90 bits per heavy atom. The molecule has 3 fully saturated rings. The molecule has 3 saturated heterocycles. The SMILES string of the molecule is CC(=O)NC[C@H]1[C@H]2C[C@H](CN(C(=O)Cc3ccc(F)cc3)C2)[C@@H]2CCCC(=O)N21. The summed E-state index contributed by atoms with van der Waals surface area (Å²) < 4.78 is 13.1. The number of carbonyl (C=O) groups excluding carboxylic acids is 3. The average molecular weight is 401 g/mol. The molecule has 2 bridgehead atoms. The number of amides is 3. The number of nitrogens with zero attached hydrogens (tertiary/aromatic N) is 2. The van der Waals surface area contributed by atoms with Crippen molar-refractivity contribution in [1.82, 2.24) is 15.1 Å². The second-order valence-electron chi connectivity index (χ2n) is 8.62. The Bertz CT molecular complexity index is 797. The number of hydrogen-bond donors (Lipinski definition) is 1. The minimum atomic E-state index is -0.309. The summed E-state index contributed by atoms with van der Waals surface area (Å²) in [5.74, 6) is 0.252. The molecule has 0 saturated carbocycles. The largest absolute Gasteiger partial charge is 0.354 e. The van der Waals surface area contributed by atoms with Crippen molar-refractivity contribution < 1.29 is 18.8 Å². The van der Waals surface area contributed by atoms with Gasteiger partial charge >= 0.3 is 0 Å². The molecule has 6 nitrogen and oxygen atoms in total. The third kappa shape index (κ3) is 4.14. The van der Waals surface area contributed by atoms with E-state index in [1.165, 1.54) is 19.1 Å². The maximum absolute atomic E-state index is 13.1.